The van der Waals surface area contributed by atoms with E-state index in [-0.39, 0.29) is 12.6 Å². The third-order valence-corrected chi connectivity index (χ3v) is 5.50. The fourth-order valence-electron chi connectivity index (χ4n) is 4.03. The van der Waals surface area contributed by atoms with E-state index >= 15 is 0 Å². The molecule has 0 radical (unpaired) electrons. The molecule has 1 aliphatic carbocycles. The predicted molar refractivity (Wildman–Crippen MR) is 107 cm³/mol. The molecule has 3 aromatic heterocycles. The Bertz CT molecular complexity index is 1010. The molecule has 3 aromatic rings. The Balaban J connectivity index is 1.70. The van der Waals surface area contributed by atoms with Crippen molar-refractivity contribution in [2.45, 2.75) is 64.3 Å². The second kappa shape index (κ2) is 9.21. The standard InChI is InChI=1S/C20H24F4N6O/c1-12(11-31-19(23)24)27-20-25-8-15-16(13-7-26-30(9-13)18(21)22)10-29(17(15)28-20)14-5-3-2-4-6-14/h7-10,12,14,18-19H,2-6,11H2,1H3,(H,25,27,28)/t12-/m0/s1. The van der Waals surface area contributed by atoms with Gasteiger partial charge in [0, 0.05) is 47.2 Å². The van der Waals surface area contributed by atoms with Gasteiger partial charge in [-0.1, -0.05) is 19.3 Å². The van der Waals surface area contributed by atoms with Crippen molar-refractivity contribution in [2.75, 3.05) is 11.9 Å². The summed E-state index contributed by atoms with van der Waals surface area (Å²) in [6, 6.07) is -0.175. The first-order valence-corrected chi connectivity index (χ1v) is 10.3. The Hall–Kier alpha value is -2.69. The quantitative estimate of drug-likeness (QED) is 0.486. The van der Waals surface area contributed by atoms with Gasteiger partial charge in [0.15, 0.2) is 0 Å². The molecule has 0 aromatic carbocycles. The van der Waals surface area contributed by atoms with Crippen molar-refractivity contribution in [3.05, 3.63) is 24.8 Å². The van der Waals surface area contributed by atoms with E-state index in [1.165, 1.54) is 18.8 Å². The second-order valence-electron chi connectivity index (χ2n) is 7.80. The maximum absolute atomic E-state index is 13.0. The van der Waals surface area contributed by atoms with E-state index in [1.54, 1.807) is 13.1 Å². The average molecular weight is 440 g/mol. The summed E-state index contributed by atoms with van der Waals surface area (Å²) in [5.41, 5.74) is 1.96. The van der Waals surface area contributed by atoms with E-state index in [0.29, 0.717) is 21.8 Å². The summed E-state index contributed by atoms with van der Waals surface area (Å²) < 4.78 is 57.6. The highest BCUT2D eigenvalue weighted by Gasteiger charge is 2.22. The third kappa shape index (κ3) is 4.81. The van der Waals surface area contributed by atoms with Crippen LogP contribution in [-0.4, -0.2) is 43.6 Å². The van der Waals surface area contributed by atoms with Crippen LogP contribution in [0.15, 0.2) is 24.8 Å². The second-order valence-corrected chi connectivity index (χ2v) is 7.80. The van der Waals surface area contributed by atoms with Gasteiger partial charge < -0.3 is 14.6 Å². The van der Waals surface area contributed by atoms with Gasteiger partial charge in [0.05, 0.1) is 12.8 Å². The Morgan fingerprint density at radius 3 is 2.58 bits per heavy atom. The molecule has 0 unspecified atom stereocenters. The number of anilines is 1. The number of hydrogen-bond donors (Lipinski definition) is 1. The molecule has 1 fully saturated rings. The summed E-state index contributed by atoms with van der Waals surface area (Å²) in [6.07, 6.45) is 11.7. The van der Waals surface area contributed by atoms with Crippen LogP contribution < -0.4 is 5.32 Å². The van der Waals surface area contributed by atoms with Crippen molar-refractivity contribution in [3.8, 4) is 11.1 Å². The minimum absolute atomic E-state index is 0.194. The van der Waals surface area contributed by atoms with Crippen molar-refractivity contribution in [3.63, 3.8) is 0 Å². The van der Waals surface area contributed by atoms with Crippen molar-refractivity contribution in [1.29, 1.82) is 0 Å². The molecule has 0 bridgehead atoms. The number of hydrogen-bond acceptors (Lipinski definition) is 5. The van der Waals surface area contributed by atoms with Crippen LogP contribution in [0.2, 0.25) is 0 Å². The summed E-state index contributed by atoms with van der Waals surface area (Å²) in [6.45, 7) is -4.06. The molecule has 0 aliphatic heterocycles. The van der Waals surface area contributed by atoms with Gasteiger partial charge in [0.2, 0.25) is 5.95 Å². The van der Waals surface area contributed by atoms with E-state index in [2.05, 4.69) is 29.7 Å². The zero-order valence-corrected chi connectivity index (χ0v) is 17.0. The first-order chi connectivity index (χ1) is 14.9. The van der Waals surface area contributed by atoms with Crippen LogP contribution in [0.5, 0.6) is 0 Å². The minimum atomic E-state index is -2.84. The number of rotatable bonds is 8. The molecule has 1 atom stereocenters. The summed E-state index contributed by atoms with van der Waals surface area (Å²) in [4.78, 5) is 8.93. The minimum Gasteiger partial charge on any atom is -0.349 e. The van der Waals surface area contributed by atoms with Crippen molar-refractivity contribution < 1.29 is 22.3 Å². The zero-order chi connectivity index (χ0) is 22.0. The third-order valence-electron chi connectivity index (χ3n) is 5.50. The van der Waals surface area contributed by atoms with Gasteiger partial charge in [-0.05, 0) is 19.8 Å². The van der Waals surface area contributed by atoms with E-state index in [1.807, 2.05) is 6.20 Å². The van der Waals surface area contributed by atoms with Crippen LogP contribution in [0.4, 0.5) is 23.5 Å². The number of nitrogens with zero attached hydrogens (tertiary/aromatic N) is 5. The van der Waals surface area contributed by atoms with E-state index < -0.39 is 19.2 Å². The first kappa shape index (κ1) is 21.5. The Labute approximate surface area is 176 Å². The maximum Gasteiger partial charge on any atom is 0.345 e. The molecule has 11 heteroatoms. The molecule has 3 heterocycles. The lowest BCUT2D eigenvalue weighted by Crippen LogP contribution is -2.24. The van der Waals surface area contributed by atoms with Crippen LogP contribution in [0.25, 0.3) is 22.2 Å². The fraction of sp³-hybridized carbons (Fsp3) is 0.550. The molecule has 31 heavy (non-hydrogen) atoms. The Morgan fingerprint density at radius 1 is 1.13 bits per heavy atom. The lowest BCUT2D eigenvalue weighted by Gasteiger charge is -2.24. The van der Waals surface area contributed by atoms with Gasteiger partial charge in [-0.15, -0.1) is 0 Å². The number of fused-ring (bicyclic) bond motifs is 1. The average Bonchev–Trinajstić information content (AvgIpc) is 3.38. The van der Waals surface area contributed by atoms with Gasteiger partial charge in [-0.2, -0.15) is 27.6 Å². The molecule has 0 amide bonds. The summed E-state index contributed by atoms with van der Waals surface area (Å²) >= 11 is 0. The summed E-state index contributed by atoms with van der Waals surface area (Å²) in [5.74, 6) is 0.294. The molecular formula is C20H24F4N6O. The molecule has 7 nitrogen and oxygen atoms in total. The number of aromatic nitrogens is 5. The number of halogens is 4. The summed E-state index contributed by atoms with van der Waals surface area (Å²) in [7, 11) is 0. The molecule has 168 valence electrons. The van der Waals surface area contributed by atoms with Crippen molar-refractivity contribution in [1.82, 2.24) is 24.3 Å². The van der Waals surface area contributed by atoms with E-state index in [0.717, 1.165) is 36.6 Å². The lowest BCUT2D eigenvalue weighted by atomic mass is 9.95. The van der Waals surface area contributed by atoms with Gasteiger partial charge in [0.25, 0.3) is 0 Å². The molecule has 1 saturated carbocycles. The van der Waals surface area contributed by atoms with Crippen molar-refractivity contribution in [2.24, 2.45) is 0 Å². The Kier molecular flexibility index (Phi) is 6.40. The lowest BCUT2D eigenvalue weighted by molar-refractivity contribution is -0.130. The highest BCUT2D eigenvalue weighted by atomic mass is 19.3. The van der Waals surface area contributed by atoms with Gasteiger partial charge in [-0.3, -0.25) is 0 Å². The maximum atomic E-state index is 13.0. The van der Waals surface area contributed by atoms with E-state index in [4.69, 9.17) is 0 Å². The fourth-order valence-corrected chi connectivity index (χ4v) is 4.03. The topological polar surface area (TPSA) is 69.8 Å². The van der Waals surface area contributed by atoms with Crippen LogP contribution >= 0.6 is 0 Å². The molecule has 4 rings (SSSR count). The highest BCUT2D eigenvalue weighted by molar-refractivity contribution is 5.93. The Morgan fingerprint density at radius 2 is 1.90 bits per heavy atom. The van der Waals surface area contributed by atoms with Gasteiger partial charge in [0.1, 0.15) is 5.65 Å². The zero-order valence-electron chi connectivity index (χ0n) is 17.0. The van der Waals surface area contributed by atoms with Crippen LogP contribution in [0.3, 0.4) is 0 Å². The highest BCUT2D eigenvalue weighted by Crippen LogP contribution is 2.36. The smallest absolute Gasteiger partial charge is 0.345 e. The summed E-state index contributed by atoms with van der Waals surface area (Å²) in [5, 5.41) is 7.44. The van der Waals surface area contributed by atoms with E-state index in [9.17, 15) is 17.6 Å². The monoisotopic (exact) mass is 440 g/mol. The SMILES string of the molecule is C[C@@H](COC(F)F)Nc1ncc2c(-c3cnn(C(F)F)c3)cn(C3CCCCC3)c2n1. The van der Waals surface area contributed by atoms with Crippen LogP contribution in [0.1, 0.15) is 51.6 Å². The van der Waals surface area contributed by atoms with Crippen molar-refractivity contribution >= 4 is 17.0 Å². The first-order valence-electron chi connectivity index (χ1n) is 10.3. The van der Waals surface area contributed by atoms with Gasteiger partial charge in [-0.25, -0.2) is 9.67 Å². The normalized spacial score (nSPS) is 16.5. The van der Waals surface area contributed by atoms with Crippen LogP contribution in [0, 0.1) is 0 Å². The predicted octanol–water partition coefficient (Wildman–Crippen LogP) is 5.23. The molecule has 0 saturated heterocycles. The largest absolute Gasteiger partial charge is 0.349 e. The molecule has 1 N–H and O–H groups in total. The number of nitrogens with one attached hydrogen (secondary N) is 1. The molecular weight excluding hydrogens is 416 g/mol. The van der Waals surface area contributed by atoms with Gasteiger partial charge >= 0.3 is 13.2 Å². The number of alkyl halides is 4. The molecule has 0 spiro atoms. The number of ether oxygens (including phenoxy) is 1. The molecule has 1 aliphatic rings. The van der Waals surface area contributed by atoms with Crippen LogP contribution in [-0.2, 0) is 4.74 Å².